The van der Waals surface area contributed by atoms with Gasteiger partial charge in [-0.25, -0.2) is 15.0 Å². The van der Waals surface area contributed by atoms with E-state index in [1.165, 1.54) is 0 Å². The Morgan fingerprint density at radius 1 is 1.00 bits per heavy atom. The number of anilines is 1. The number of rotatable bonds is 10. The number of benzene rings is 1. The maximum atomic E-state index is 11.3. The number of hydrogen-bond acceptors (Lipinski definition) is 9. The van der Waals surface area contributed by atoms with Crippen LogP contribution in [-0.4, -0.2) is 94.2 Å². The fraction of sp³-hybridized carbons (Fsp3) is 0.484. The fourth-order valence-electron chi connectivity index (χ4n) is 5.59. The number of aliphatic hydroxyl groups is 1. The van der Waals surface area contributed by atoms with Crippen LogP contribution in [0.5, 0.6) is 11.8 Å². The molecule has 2 aliphatic rings. The number of nitrogens with zero attached hydrogens (tertiary/aromatic N) is 6. The highest BCUT2D eigenvalue weighted by Gasteiger charge is 2.23. The van der Waals surface area contributed by atoms with Gasteiger partial charge in [0.25, 0.3) is 0 Å². The van der Waals surface area contributed by atoms with Gasteiger partial charge in [0.15, 0.2) is 0 Å². The lowest BCUT2D eigenvalue weighted by Crippen LogP contribution is -2.50. The van der Waals surface area contributed by atoms with E-state index in [4.69, 9.17) is 32.9 Å². The van der Waals surface area contributed by atoms with Crippen LogP contribution < -0.4 is 15.0 Å². The summed E-state index contributed by atoms with van der Waals surface area (Å²) in [6.45, 7) is 10.5. The highest BCUT2D eigenvalue weighted by molar-refractivity contribution is 6.35. The van der Waals surface area contributed by atoms with Crippen molar-refractivity contribution in [2.75, 3.05) is 57.3 Å². The number of halogens is 2. The molecule has 5 rings (SSSR count). The van der Waals surface area contributed by atoms with Gasteiger partial charge in [-0.15, -0.1) is 0 Å². The minimum absolute atomic E-state index is 0.0199. The molecule has 2 saturated heterocycles. The zero-order valence-electron chi connectivity index (χ0n) is 24.7. The van der Waals surface area contributed by atoms with E-state index in [0.717, 1.165) is 82.1 Å². The van der Waals surface area contributed by atoms with Crippen molar-refractivity contribution in [2.24, 2.45) is 5.92 Å². The van der Waals surface area contributed by atoms with Gasteiger partial charge in [0.2, 0.25) is 17.7 Å². The molecule has 3 aromatic rings. The number of piperazine rings is 1. The minimum Gasteiger partial charge on any atom is -0.419 e. The maximum absolute atomic E-state index is 11.3. The third kappa shape index (κ3) is 8.77. The smallest absolute Gasteiger partial charge is 0.239 e. The van der Waals surface area contributed by atoms with Gasteiger partial charge >= 0.3 is 0 Å². The van der Waals surface area contributed by atoms with E-state index in [0.29, 0.717) is 33.4 Å². The van der Waals surface area contributed by atoms with Crippen LogP contribution in [0.3, 0.4) is 0 Å². The lowest BCUT2D eigenvalue weighted by molar-refractivity contribution is -0.119. The van der Waals surface area contributed by atoms with Crippen molar-refractivity contribution in [3.8, 4) is 23.0 Å². The van der Waals surface area contributed by atoms with Crippen molar-refractivity contribution in [1.29, 1.82) is 0 Å². The number of hydrogen-bond donors (Lipinski definition) is 2. The van der Waals surface area contributed by atoms with Crippen LogP contribution in [0.25, 0.3) is 11.3 Å². The summed E-state index contributed by atoms with van der Waals surface area (Å²) in [5.41, 5.74) is 2.56. The first-order valence-electron chi connectivity index (χ1n) is 14.8. The largest absolute Gasteiger partial charge is 0.419 e. The van der Waals surface area contributed by atoms with Crippen molar-refractivity contribution in [2.45, 2.75) is 39.3 Å². The Morgan fingerprint density at radius 2 is 1.72 bits per heavy atom. The molecule has 2 aromatic heterocycles. The second-order valence-electron chi connectivity index (χ2n) is 11.4. The normalized spacial score (nSPS) is 17.6. The monoisotopic (exact) mass is 627 g/mol. The number of piperidine rings is 1. The van der Waals surface area contributed by atoms with Crippen LogP contribution >= 0.6 is 23.2 Å². The summed E-state index contributed by atoms with van der Waals surface area (Å²) in [5, 5.41) is 13.5. The maximum Gasteiger partial charge on any atom is 0.239 e. The summed E-state index contributed by atoms with van der Waals surface area (Å²) < 4.78 is 6.14. The number of nitrogens with one attached hydrogen (secondary N) is 1. The molecular formula is C31H39Cl2N7O3. The Morgan fingerprint density at radius 3 is 2.35 bits per heavy atom. The molecule has 230 valence electrons. The Balaban J connectivity index is 1.29. The summed E-state index contributed by atoms with van der Waals surface area (Å²) in [6, 6.07) is 9.52. The topological polar surface area (TPSA) is 107 Å². The molecule has 1 atom stereocenters. The van der Waals surface area contributed by atoms with Gasteiger partial charge in [-0.2, -0.15) is 0 Å². The first-order valence-corrected chi connectivity index (χ1v) is 15.6. The van der Waals surface area contributed by atoms with Crippen molar-refractivity contribution in [3.63, 3.8) is 0 Å². The van der Waals surface area contributed by atoms with Gasteiger partial charge in [-0.05, 0) is 68.6 Å². The van der Waals surface area contributed by atoms with Crippen LogP contribution in [0.15, 0.2) is 42.7 Å². The third-order valence-electron chi connectivity index (χ3n) is 8.12. The van der Waals surface area contributed by atoms with Crippen molar-refractivity contribution in [1.82, 2.24) is 30.1 Å². The number of pyridine rings is 1. The predicted octanol–water partition coefficient (Wildman–Crippen LogP) is 4.49. The quantitative estimate of drug-likeness (QED) is 0.336. The number of carbonyl (C=O) groups is 1. The number of amides is 1. The van der Waals surface area contributed by atoms with E-state index in [-0.39, 0.29) is 18.6 Å². The lowest BCUT2D eigenvalue weighted by atomic mass is 9.96. The van der Waals surface area contributed by atoms with Crippen molar-refractivity contribution >= 4 is 34.9 Å². The predicted molar refractivity (Wildman–Crippen MR) is 169 cm³/mol. The number of carbonyl (C=O) groups excluding carboxylic acids is 1. The van der Waals surface area contributed by atoms with Crippen molar-refractivity contribution < 1.29 is 14.6 Å². The lowest BCUT2D eigenvalue weighted by Gasteiger charge is -2.37. The number of aliphatic hydroxyl groups excluding tert-OH is 1. The fourth-order valence-corrected chi connectivity index (χ4v) is 6.11. The summed E-state index contributed by atoms with van der Waals surface area (Å²) in [6.07, 6.45) is 5.42. The van der Waals surface area contributed by atoms with E-state index >= 15 is 0 Å². The second kappa shape index (κ2) is 14.6. The molecule has 1 amide bonds. The van der Waals surface area contributed by atoms with Crippen molar-refractivity contribution in [3.05, 3.63) is 58.3 Å². The highest BCUT2D eigenvalue weighted by atomic mass is 35.5. The molecule has 0 saturated carbocycles. The molecule has 2 aliphatic heterocycles. The van der Waals surface area contributed by atoms with Gasteiger partial charge in [0, 0.05) is 73.9 Å². The van der Waals surface area contributed by atoms with Gasteiger partial charge < -0.3 is 20.1 Å². The minimum atomic E-state index is 0.0199. The van der Waals surface area contributed by atoms with Crippen LogP contribution in [0, 0.1) is 5.92 Å². The molecular weight excluding hydrogens is 589 g/mol. The Labute approximate surface area is 263 Å². The number of likely N-dealkylation sites (tertiary alicyclic amines) is 1. The first kappa shape index (κ1) is 31.4. The van der Waals surface area contributed by atoms with E-state index in [1.807, 2.05) is 31.2 Å². The van der Waals surface area contributed by atoms with Gasteiger partial charge in [-0.1, -0.05) is 23.2 Å². The van der Waals surface area contributed by atoms with Gasteiger partial charge in [0.1, 0.15) is 5.82 Å². The van der Waals surface area contributed by atoms with E-state index in [1.54, 1.807) is 25.4 Å². The third-order valence-corrected chi connectivity index (χ3v) is 8.56. The van der Waals surface area contributed by atoms with Crippen LogP contribution in [0.2, 0.25) is 10.0 Å². The molecule has 10 nitrogen and oxygen atoms in total. The molecule has 1 aromatic carbocycles. The summed E-state index contributed by atoms with van der Waals surface area (Å²) in [7, 11) is 0. The zero-order valence-corrected chi connectivity index (χ0v) is 26.2. The molecule has 0 bridgehead atoms. The van der Waals surface area contributed by atoms with E-state index < -0.39 is 0 Å². The SMILES string of the molecule is CC(=O)NCC1CCN(Cc2cc(Oc3cnc(N4CCN(C(C)CO)CC4)cn3)nc(-c3cc(Cl)cc(Cl)c3)c2)CC1. The zero-order chi connectivity index (χ0) is 30.3. The van der Waals surface area contributed by atoms with Crippen LogP contribution in [0.1, 0.15) is 32.3 Å². The molecule has 12 heteroatoms. The molecule has 0 radical (unpaired) electrons. The number of aromatic nitrogens is 3. The number of ether oxygens (including phenoxy) is 1. The molecule has 43 heavy (non-hydrogen) atoms. The van der Waals surface area contributed by atoms with E-state index in [9.17, 15) is 9.90 Å². The molecule has 2 N–H and O–H groups in total. The average Bonchev–Trinajstić information content (AvgIpc) is 3.00. The molecule has 0 aliphatic carbocycles. The Bertz CT molecular complexity index is 1360. The van der Waals surface area contributed by atoms with Crippen LogP contribution in [0.4, 0.5) is 5.82 Å². The summed E-state index contributed by atoms with van der Waals surface area (Å²) >= 11 is 12.6. The molecule has 0 spiro atoms. The standard InChI is InChI=1S/C31H39Cl2N7O3/c1-21(20-41)39-7-9-40(10-8-39)29-17-36-31(18-35-29)43-30-12-24(11-28(37-30)25-13-26(32)15-27(33)14-25)19-38-5-3-23(4-6-38)16-34-22(2)42/h11-15,17-18,21,23,41H,3-10,16,19-20H2,1-2H3,(H,34,42). The summed E-state index contributed by atoms with van der Waals surface area (Å²) in [4.78, 5) is 32.1. The molecule has 1 unspecified atom stereocenters. The average molecular weight is 629 g/mol. The Hall–Kier alpha value is -3.02. The van der Waals surface area contributed by atoms with Gasteiger partial charge in [0.05, 0.1) is 24.7 Å². The molecule has 4 heterocycles. The summed E-state index contributed by atoms with van der Waals surface area (Å²) in [5.74, 6) is 2.08. The van der Waals surface area contributed by atoms with E-state index in [2.05, 4.69) is 30.0 Å². The first-order chi connectivity index (χ1) is 20.7. The van der Waals surface area contributed by atoms with Gasteiger partial charge in [-0.3, -0.25) is 14.6 Å². The Kier molecular flexibility index (Phi) is 10.7. The highest BCUT2D eigenvalue weighted by Crippen LogP contribution is 2.30. The second-order valence-corrected chi connectivity index (χ2v) is 12.3. The van der Waals surface area contributed by atoms with Crippen LogP contribution in [-0.2, 0) is 11.3 Å². The molecule has 2 fully saturated rings.